The highest BCUT2D eigenvalue weighted by Crippen LogP contribution is 2.27. The summed E-state index contributed by atoms with van der Waals surface area (Å²) in [4.78, 5) is 26.2. The lowest BCUT2D eigenvalue weighted by Gasteiger charge is -2.03. The SMILES string of the molecule is COc1cccc(-c2nc(COC(=O)c3ccc([N+](=O)[O-])c(F)c3)cs2)c1. The Labute approximate surface area is 157 Å². The number of thiazole rings is 1. The maximum Gasteiger partial charge on any atom is 0.338 e. The number of hydrogen-bond donors (Lipinski definition) is 0. The summed E-state index contributed by atoms with van der Waals surface area (Å²) in [6.45, 7) is -0.0993. The van der Waals surface area contributed by atoms with Gasteiger partial charge in [0.05, 0.1) is 23.3 Å². The Kier molecular flexibility index (Phi) is 5.41. The molecule has 138 valence electrons. The molecule has 9 heteroatoms. The van der Waals surface area contributed by atoms with E-state index < -0.39 is 22.4 Å². The van der Waals surface area contributed by atoms with Crippen molar-refractivity contribution in [1.29, 1.82) is 0 Å². The van der Waals surface area contributed by atoms with Gasteiger partial charge in [-0.1, -0.05) is 12.1 Å². The number of nitrogens with zero attached hydrogens (tertiary/aromatic N) is 2. The van der Waals surface area contributed by atoms with Crippen LogP contribution in [0.4, 0.5) is 10.1 Å². The fourth-order valence-corrected chi connectivity index (χ4v) is 3.07. The molecule has 0 fully saturated rings. The first-order valence-corrected chi connectivity index (χ1v) is 8.56. The third kappa shape index (κ3) is 4.26. The maximum absolute atomic E-state index is 13.6. The molecule has 0 aliphatic rings. The van der Waals surface area contributed by atoms with Gasteiger partial charge in [-0.25, -0.2) is 9.78 Å². The Hall–Kier alpha value is -3.33. The number of hydrogen-bond acceptors (Lipinski definition) is 7. The van der Waals surface area contributed by atoms with E-state index in [0.29, 0.717) is 11.4 Å². The largest absolute Gasteiger partial charge is 0.497 e. The summed E-state index contributed by atoms with van der Waals surface area (Å²) in [5.74, 6) is -1.18. The van der Waals surface area contributed by atoms with E-state index in [4.69, 9.17) is 9.47 Å². The molecule has 0 bridgehead atoms. The Balaban J connectivity index is 1.67. The van der Waals surface area contributed by atoms with Crippen LogP contribution in [0.15, 0.2) is 47.8 Å². The third-order valence-electron chi connectivity index (χ3n) is 3.60. The first kappa shape index (κ1) is 18.5. The van der Waals surface area contributed by atoms with Crippen molar-refractivity contribution in [3.8, 4) is 16.3 Å². The molecule has 2 aromatic carbocycles. The van der Waals surface area contributed by atoms with Crippen molar-refractivity contribution in [2.45, 2.75) is 6.61 Å². The molecule has 7 nitrogen and oxygen atoms in total. The first-order valence-electron chi connectivity index (χ1n) is 7.68. The molecule has 0 atom stereocenters. The minimum absolute atomic E-state index is 0.0993. The predicted molar refractivity (Wildman–Crippen MR) is 96.3 cm³/mol. The van der Waals surface area contributed by atoms with E-state index >= 15 is 0 Å². The lowest BCUT2D eigenvalue weighted by atomic mass is 10.2. The number of ether oxygens (including phenoxy) is 2. The summed E-state index contributed by atoms with van der Waals surface area (Å²) in [5.41, 5.74) is 0.596. The number of rotatable bonds is 6. The van der Waals surface area contributed by atoms with Crippen LogP contribution in [-0.2, 0) is 11.3 Å². The van der Waals surface area contributed by atoms with Gasteiger partial charge in [0.15, 0.2) is 0 Å². The summed E-state index contributed by atoms with van der Waals surface area (Å²) in [7, 11) is 1.58. The van der Waals surface area contributed by atoms with Crippen LogP contribution < -0.4 is 4.74 Å². The number of halogens is 1. The molecular weight excluding hydrogens is 375 g/mol. The second-order valence-corrected chi connectivity index (χ2v) is 6.23. The van der Waals surface area contributed by atoms with Crippen LogP contribution in [0.3, 0.4) is 0 Å². The number of benzene rings is 2. The lowest BCUT2D eigenvalue weighted by Crippen LogP contribution is -2.06. The monoisotopic (exact) mass is 388 g/mol. The molecule has 0 N–H and O–H groups in total. The van der Waals surface area contributed by atoms with Gasteiger partial charge >= 0.3 is 11.7 Å². The van der Waals surface area contributed by atoms with Gasteiger partial charge in [-0.3, -0.25) is 10.1 Å². The fourth-order valence-electron chi connectivity index (χ4n) is 2.27. The van der Waals surface area contributed by atoms with Gasteiger partial charge in [-0.15, -0.1) is 11.3 Å². The number of esters is 1. The maximum atomic E-state index is 13.6. The Bertz CT molecular complexity index is 1000. The molecule has 0 saturated carbocycles. The van der Waals surface area contributed by atoms with E-state index in [1.54, 1.807) is 12.5 Å². The Morgan fingerprint density at radius 1 is 1.30 bits per heavy atom. The van der Waals surface area contributed by atoms with E-state index in [0.717, 1.165) is 28.8 Å². The van der Waals surface area contributed by atoms with Crippen molar-refractivity contribution < 1.29 is 23.6 Å². The van der Waals surface area contributed by atoms with Crippen LogP contribution >= 0.6 is 11.3 Å². The van der Waals surface area contributed by atoms with Crippen molar-refractivity contribution >= 4 is 23.0 Å². The second-order valence-electron chi connectivity index (χ2n) is 5.38. The van der Waals surface area contributed by atoms with E-state index in [2.05, 4.69) is 4.98 Å². The molecule has 1 aromatic heterocycles. The number of carbonyl (C=O) groups excluding carboxylic acids is 1. The minimum Gasteiger partial charge on any atom is -0.497 e. The number of nitro groups is 1. The van der Waals surface area contributed by atoms with Crippen molar-refractivity contribution in [1.82, 2.24) is 4.98 Å². The predicted octanol–water partition coefficient (Wildman–Crippen LogP) is 4.22. The molecule has 1 heterocycles. The van der Waals surface area contributed by atoms with Crippen molar-refractivity contribution in [3.05, 3.63) is 75.0 Å². The van der Waals surface area contributed by atoms with Crippen molar-refractivity contribution in [2.75, 3.05) is 7.11 Å². The number of carbonyl (C=O) groups is 1. The van der Waals surface area contributed by atoms with E-state index in [-0.39, 0.29) is 12.2 Å². The number of nitro benzene ring substituents is 1. The van der Waals surface area contributed by atoms with Gasteiger partial charge in [0.25, 0.3) is 0 Å². The van der Waals surface area contributed by atoms with Gasteiger partial charge in [0, 0.05) is 17.0 Å². The fraction of sp³-hybridized carbons (Fsp3) is 0.111. The van der Waals surface area contributed by atoms with Gasteiger partial charge in [-0.2, -0.15) is 4.39 Å². The quantitative estimate of drug-likeness (QED) is 0.357. The zero-order chi connectivity index (χ0) is 19.4. The standard InChI is InChI=1S/C18H13FN2O5S/c1-25-14-4-2-3-11(7-14)17-20-13(10-27-17)9-26-18(22)12-5-6-16(21(23)24)15(19)8-12/h2-8,10H,9H2,1H3. The van der Waals surface area contributed by atoms with Crippen molar-refractivity contribution in [2.24, 2.45) is 0 Å². The van der Waals surface area contributed by atoms with Gasteiger partial charge in [0.1, 0.15) is 17.4 Å². The second kappa shape index (κ2) is 7.92. The summed E-state index contributed by atoms with van der Waals surface area (Å²) in [6.07, 6.45) is 0. The summed E-state index contributed by atoms with van der Waals surface area (Å²) in [5, 5.41) is 13.1. The molecule has 3 rings (SSSR count). The third-order valence-corrected chi connectivity index (χ3v) is 4.54. The summed E-state index contributed by atoms with van der Waals surface area (Å²) >= 11 is 1.38. The zero-order valence-corrected chi connectivity index (χ0v) is 14.9. The summed E-state index contributed by atoms with van der Waals surface area (Å²) in [6, 6.07) is 10.2. The molecular formula is C18H13FN2O5S. The molecule has 3 aromatic rings. The highest BCUT2D eigenvalue weighted by atomic mass is 32.1. The van der Waals surface area contributed by atoms with E-state index in [1.165, 1.54) is 11.3 Å². The average molecular weight is 388 g/mol. The van der Waals surface area contributed by atoms with Crippen LogP contribution in [0.25, 0.3) is 10.6 Å². The van der Waals surface area contributed by atoms with Crippen LogP contribution in [-0.4, -0.2) is 23.0 Å². The van der Waals surface area contributed by atoms with Crippen molar-refractivity contribution in [3.63, 3.8) is 0 Å². The lowest BCUT2D eigenvalue weighted by molar-refractivity contribution is -0.387. The molecule has 0 aliphatic carbocycles. The van der Waals surface area contributed by atoms with E-state index in [9.17, 15) is 19.3 Å². The Morgan fingerprint density at radius 3 is 2.81 bits per heavy atom. The zero-order valence-electron chi connectivity index (χ0n) is 14.0. The first-order chi connectivity index (χ1) is 13.0. The van der Waals surface area contributed by atoms with Crippen LogP contribution in [0.2, 0.25) is 0 Å². The smallest absolute Gasteiger partial charge is 0.338 e. The summed E-state index contributed by atoms with van der Waals surface area (Å²) < 4.78 is 23.9. The topological polar surface area (TPSA) is 91.6 Å². The molecule has 0 saturated heterocycles. The molecule has 0 aliphatic heterocycles. The van der Waals surface area contributed by atoms with Crippen LogP contribution in [0.5, 0.6) is 5.75 Å². The molecule has 27 heavy (non-hydrogen) atoms. The molecule has 0 radical (unpaired) electrons. The van der Waals surface area contributed by atoms with E-state index in [1.807, 2.05) is 24.3 Å². The van der Waals surface area contributed by atoms with Crippen LogP contribution in [0, 0.1) is 15.9 Å². The molecule has 0 amide bonds. The normalized spacial score (nSPS) is 10.4. The minimum atomic E-state index is -1.09. The van der Waals surface area contributed by atoms with Gasteiger partial charge in [-0.05, 0) is 24.3 Å². The molecule has 0 unspecified atom stereocenters. The highest BCUT2D eigenvalue weighted by Gasteiger charge is 2.18. The van der Waals surface area contributed by atoms with Gasteiger partial charge in [0.2, 0.25) is 5.82 Å². The Morgan fingerprint density at radius 2 is 2.11 bits per heavy atom. The average Bonchev–Trinajstić information content (AvgIpc) is 3.15. The van der Waals surface area contributed by atoms with Gasteiger partial charge < -0.3 is 9.47 Å². The molecule has 0 spiro atoms. The highest BCUT2D eigenvalue weighted by molar-refractivity contribution is 7.13. The number of methoxy groups -OCH3 is 1. The van der Waals surface area contributed by atoms with Crippen LogP contribution in [0.1, 0.15) is 16.1 Å². The number of aromatic nitrogens is 1.